The van der Waals surface area contributed by atoms with Crippen LogP contribution in [0.5, 0.6) is 0 Å². The van der Waals surface area contributed by atoms with Crippen LogP contribution in [0.4, 0.5) is 10.1 Å². The number of nitrogens with one attached hydrogen (secondary N) is 1. The molecule has 0 saturated heterocycles. The number of hydrogen-bond donors (Lipinski definition) is 1. The Kier molecular flexibility index (Phi) is 10.7. The van der Waals surface area contributed by atoms with E-state index >= 15 is 0 Å². The van der Waals surface area contributed by atoms with E-state index in [1.807, 2.05) is 6.92 Å². The summed E-state index contributed by atoms with van der Waals surface area (Å²) in [5.41, 5.74) is 0.945. The van der Waals surface area contributed by atoms with E-state index in [0.29, 0.717) is 24.2 Å². The summed E-state index contributed by atoms with van der Waals surface area (Å²) in [6, 6.07) is 19.5. The van der Waals surface area contributed by atoms with Crippen LogP contribution in [0.1, 0.15) is 32.3 Å². The van der Waals surface area contributed by atoms with Crippen molar-refractivity contribution in [3.8, 4) is 0 Å². The average molecular weight is 652 g/mol. The number of carbonyl (C=O) groups is 2. The van der Waals surface area contributed by atoms with Crippen molar-refractivity contribution in [2.24, 2.45) is 0 Å². The smallest absolute Gasteiger partial charge is 0.264 e. The van der Waals surface area contributed by atoms with Gasteiger partial charge in [-0.2, -0.15) is 0 Å². The minimum Gasteiger partial charge on any atom is -0.354 e. The molecule has 0 bridgehead atoms. The van der Waals surface area contributed by atoms with Crippen molar-refractivity contribution in [1.29, 1.82) is 0 Å². The molecule has 3 rings (SSSR count). The van der Waals surface area contributed by atoms with Gasteiger partial charge in [0.1, 0.15) is 18.4 Å². The third-order valence-corrected chi connectivity index (χ3v) is 8.43. The SMILES string of the molecule is CCCNC(=O)C(CC)N(Cc1ccc(F)cc1)C(=O)CN(c1ccc(I)cc1)S(=O)(=O)c1ccccc1. The normalized spacial score (nSPS) is 12.0. The summed E-state index contributed by atoms with van der Waals surface area (Å²) >= 11 is 2.12. The van der Waals surface area contributed by atoms with Crippen molar-refractivity contribution in [1.82, 2.24) is 10.2 Å². The highest BCUT2D eigenvalue weighted by molar-refractivity contribution is 14.1. The van der Waals surface area contributed by atoms with Crippen LogP contribution in [0.2, 0.25) is 0 Å². The molecule has 10 heteroatoms. The number of sulfonamides is 1. The van der Waals surface area contributed by atoms with E-state index in [9.17, 15) is 22.4 Å². The molecular formula is C28H31FIN3O4S. The number of rotatable bonds is 12. The van der Waals surface area contributed by atoms with Gasteiger partial charge < -0.3 is 10.2 Å². The summed E-state index contributed by atoms with van der Waals surface area (Å²) in [5, 5.41) is 2.84. The van der Waals surface area contributed by atoms with E-state index in [2.05, 4.69) is 27.9 Å². The maximum atomic E-state index is 13.9. The Morgan fingerprint density at radius 2 is 1.58 bits per heavy atom. The van der Waals surface area contributed by atoms with Crippen molar-refractivity contribution in [3.05, 3.63) is 93.8 Å². The third kappa shape index (κ3) is 7.53. The van der Waals surface area contributed by atoms with E-state index in [0.717, 1.165) is 14.3 Å². The highest BCUT2D eigenvalue weighted by Crippen LogP contribution is 2.25. The highest BCUT2D eigenvalue weighted by atomic mass is 127. The zero-order chi connectivity index (χ0) is 27.7. The molecule has 0 aliphatic rings. The van der Waals surface area contributed by atoms with E-state index in [1.165, 1.54) is 29.2 Å². The topological polar surface area (TPSA) is 86.8 Å². The van der Waals surface area contributed by atoms with E-state index < -0.39 is 34.3 Å². The number of benzene rings is 3. The molecule has 0 saturated carbocycles. The summed E-state index contributed by atoms with van der Waals surface area (Å²) in [7, 11) is -4.11. The van der Waals surface area contributed by atoms with E-state index in [-0.39, 0.29) is 17.3 Å². The Bertz CT molecular complexity index is 1320. The Morgan fingerprint density at radius 3 is 2.16 bits per heavy atom. The fraction of sp³-hybridized carbons (Fsp3) is 0.286. The summed E-state index contributed by atoms with van der Waals surface area (Å²) in [5.74, 6) is -1.29. The van der Waals surface area contributed by atoms with Crippen LogP contribution in [-0.2, 0) is 26.2 Å². The highest BCUT2D eigenvalue weighted by Gasteiger charge is 2.33. The van der Waals surface area contributed by atoms with Crippen LogP contribution in [-0.4, -0.2) is 44.3 Å². The minimum absolute atomic E-state index is 0.0169. The maximum absolute atomic E-state index is 13.9. The van der Waals surface area contributed by atoms with Gasteiger partial charge in [-0.3, -0.25) is 13.9 Å². The second-order valence-corrected chi connectivity index (χ2v) is 11.8. The summed E-state index contributed by atoms with van der Waals surface area (Å²) in [4.78, 5) is 28.3. The zero-order valence-electron chi connectivity index (χ0n) is 21.3. The molecule has 0 aliphatic heterocycles. The first-order valence-electron chi connectivity index (χ1n) is 12.3. The van der Waals surface area contributed by atoms with Gasteiger partial charge in [0, 0.05) is 16.7 Å². The number of carbonyl (C=O) groups excluding carboxylic acids is 2. The molecule has 0 aliphatic carbocycles. The van der Waals surface area contributed by atoms with Crippen molar-refractivity contribution in [2.45, 2.75) is 44.2 Å². The number of halogens is 2. The van der Waals surface area contributed by atoms with Gasteiger partial charge in [0.25, 0.3) is 10.0 Å². The minimum atomic E-state index is -4.11. The van der Waals surface area contributed by atoms with Gasteiger partial charge in [0.05, 0.1) is 10.6 Å². The Labute approximate surface area is 237 Å². The molecule has 38 heavy (non-hydrogen) atoms. The summed E-state index contributed by atoms with van der Waals surface area (Å²) in [6.45, 7) is 3.67. The van der Waals surface area contributed by atoms with Gasteiger partial charge in [0.2, 0.25) is 11.8 Å². The molecule has 1 atom stereocenters. The van der Waals surface area contributed by atoms with Crippen molar-refractivity contribution in [2.75, 3.05) is 17.4 Å². The van der Waals surface area contributed by atoms with Gasteiger partial charge in [-0.05, 0) is 89.5 Å². The number of nitrogens with zero attached hydrogens (tertiary/aromatic N) is 2. The molecule has 7 nitrogen and oxygen atoms in total. The average Bonchev–Trinajstić information content (AvgIpc) is 2.92. The Balaban J connectivity index is 2.02. The van der Waals surface area contributed by atoms with Gasteiger partial charge in [-0.25, -0.2) is 12.8 Å². The summed E-state index contributed by atoms with van der Waals surface area (Å²) < 4.78 is 42.9. The number of anilines is 1. The second-order valence-electron chi connectivity index (χ2n) is 8.66. The van der Waals surface area contributed by atoms with Gasteiger partial charge >= 0.3 is 0 Å². The predicted molar refractivity (Wildman–Crippen MR) is 154 cm³/mol. The second kappa shape index (κ2) is 13.7. The Morgan fingerprint density at radius 1 is 0.947 bits per heavy atom. The lowest BCUT2D eigenvalue weighted by molar-refractivity contribution is -0.140. The number of amides is 2. The monoisotopic (exact) mass is 651 g/mol. The van der Waals surface area contributed by atoms with Gasteiger partial charge in [0.15, 0.2) is 0 Å². The molecule has 0 heterocycles. The van der Waals surface area contributed by atoms with Crippen LogP contribution in [0.25, 0.3) is 0 Å². The van der Waals surface area contributed by atoms with Gasteiger partial charge in [-0.15, -0.1) is 0 Å². The lowest BCUT2D eigenvalue weighted by Gasteiger charge is -2.33. The molecule has 1 N–H and O–H groups in total. The molecule has 202 valence electrons. The van der Waals surface area contributed by atoms with Crippen molar-refractivity contribution >= 4 is 50.1 Å². The third-order valence-electron chi connectivity index (χ3n) is 5.93. The van der Waals surface area contributed by atoms with Crippen LogP contribution in [0.3, 0.4) is 0 Å². The molecule has 0 aromatic heterocycles. The quantitative estimate of drug-likeness (QED) is 0.281. The van der Waals surface area contributed by atoms with Crippen LogP contribution in [0, 0.1) is 9.39 Å². The molecule has 2 amide bonds. The Hall–Kier alpha value is -2.99. The fourth-order valence-corrected chi connectivity index (χ4v) is 5.72. The molecule has 0 radical (unpaired) electrons. The van der Waals surface area contributed by atoms with Crippen molar-refractivity contribution < 1.29 is 22.4 Å². The lowest BCUT2D eigenvalue weighted by Crippen LogP contribution is -2.52. The largest absolute Gasteiger partial charge is 0.354 e. The molecular weight excluding hydrogens is 620 g/mol. The molecule has 3 aromatic rings. The maximum Gasteiger partial charge on any atom is 0.264 e. The standard InChI is InChI=1S/C28H31FIN3O4S/c1-3-18-31-28(35)26(4-2)32(19-21-10-12-22(29)13-11-21)27(34)20-33(24-16-14-23(30)15-17-24)38(36,37)25-8-6-5-7-9-25/h5-17,26H,3-4,18-20H2,1-2H3,(H,31,35). The predicted octanol–water partition coefficient (Wildman–Crippen LogP) is 4.96. The summed E-state index contributed by atoms with van der Waals surface area (Å²) in [6.07, 6.45) is 1.04. The van der Waals surface area contributed by atoms with Crippen LogP contribution < -0.4 is 9.62 Å². The molecule has 3 aromatic carbocycles. The molecule has 1 unspecified atom stereocenters. The van der Waals surface area contributed by atoms with E-state index in [1.54, 1.807) is 61.5 Å². The fourth-order valence-electron chi connectivity index (χ4n) is 3.93. The first-order valence-corrected chi connectivity index (χ1v) is 14.8. The van der Waals surface area contributed by atoms with Gasteiger partial charge in [-0.1, -0.05) is 44.2 Å². The van der Waals surface area contributed by atoms with E-state index in [4.69, 9.17) is 0 Å². The van der Waals surface area contributed by atoms with Crippen molar-refractivity contribution in [3.63, 3.8) is 0 Å². The van der Waals surface area contributed by atoms with Crippen LogP contribution in [0.15, 0.2) is 83.8 Å². The first kappa shape index (κ1) is 29.6. The molecule has 0 fully saturated rings. The lowest BCUT2D eigenvalue weighted by atomic mass is 10.1. The first-order chi connectivity index (χ1) is 18.2. The molecule has 0 spiro atoms. The number of hydrogen-bond acceptors (Lipinski definition) is 4. The van der Waals surface area contributed by atoms with Crippen LogP contribution >= 0.6 is 22.6 Å². The zero-order valence-corrected chi connectivity index (χ0v) is 24.3.